The van der Waals surface area contributed by atoms with Crippen molar-refractivity contribution >= 4 is 29.8 Å². The molecule has 0 radical (unpaired) electrons. The summed E-state index contributed by atoms with van der Waals surface area (Å²) in [4.78, 5) is 63.7. The molecule has 19 nitrogen and oxygen atoms in total. The van der Waals surface area contributed by atoms with Gasteiger partial charge in [0.05, 0.1) is 57.3 Å². The van der Waals surface area contributed by atoms with Crippen molar-refractivity contribution < 1.29 is 71.7 Å². The number of amides is 3. The topological polar surface area (TPSA) is 251 Å². The molecule has 0 bridgehead atoms. The molecule has 3 aliphatic rings. The molecule has 2 aromatic rings. The van der Waals surface area contributed by atoms with Crippen LogP contribution in [0.25, 0.3) is 0 Å². The number of esters is 3. The SMILES string of the molecule is CC(=O)O[C@@H]1CC[C@@H]2[C@H]3CCc4cc(OCCOCCOCCOCCOc5ccc(C[C@H](N)C(=O)NCCCC[C@H](NC(=O)N[C@@H](CCC(=O)OC(C)(C)C)[C@H](O)OC(C)(C)C)C(=O)OC(C)(C)C)cc5)ccc4[C@@H]3CC[C@]21C. The van der Waals surface area contributed by atoms with Gasteiger partial charge in [0.25, 0.3) is 0 Å². The van der Waals surface area contributed by atoms with E-state index in [2.05, 4.69) is 41.1 Å². The van der Waals surface area contributed by atoms with Gasteiger partial charge >= 0.3 is 23.9 Å². The number of nitrogens with one attached hydrogen (secondary N) is 3. The Morgan fingerprint density at radius 3 is 1.95 bits per heavy atom. The molecule has 6 N–H and O–H groups in total. The van der Waals surface area contributed by atoms with Crippen molar-refractivity contribution in [3.8, 4) is 11.5 Å². The van der Waals surface area contributed by atoms with E-state index in [-0.39, 0.29) is 49.2 Å². The first-order chi connectivity index (χ1) is 37.7. The lowest BCUT2D eigenvalue weighted by Gasteiger charge is -2.50. The van der Waals surface area contributed by atoms with E-state index in [9.17, 15) is 29.1 Å². The minimum Gasteiger partial charge on any atom is -0.491 e. The molecule has 0 heterocycles. The number of carbonyl (C=O) groups excluding carboxylic acids is 5. The van der Waals surface area contributed by atoms with E-state index in [1.165, 1.54) is 24.5 Å². The van der Waals surface area contributed by atoms with Crippen molar-refractivity contribution in [2.75, 3.05) is 59.4 Å². The third-order valence-electron chi connectivity index (χ3n) is 14.8. The van der Waals surface area contributed by atoms with E-state index in [0.717, 1.165) is 43.4 Å². The van der Waals surface area contributed by atoms with Gasteiger partial charge in [-0.2, -0.15) is 0 Å². The highest BCUT2D eigenvalue weighted by atomic mass is 16.6. The van der Waals surface area contributed by atoms with Crippen molar-refractivity contribution in [3.63, 3.8) is 0 Å². The first kappa shape index (κ1) is 65.8. The van der Waals surface area contributed by atoms with E-state index in [1.807, 2.05) is 24.3 Å². The number of ether oxygens (including phenoxy) is 9. The minimum atomic E-state index is -1.46. The monoisotopic (exact) mass is 1120 g/mol. The van der Waals surface area contributed by atoms with Crippen molar-refractivity contribution in [1.82, 2.24) is 16.0 Å². The molecule has 9 atom stereocenters. The molecule has 5 rings (SSSR count). The Balaban J connectivity index is 0.894. The summed E-state index contributed by atoms with van der Waals surface area (Å²) in [7, 11) is 0. The second-order valence-electron chi connectivity index (χ2n) is 24.8. The van der Waals surface area contributed by atoms with Crippen LogP contribution in [0.15, 0.2) is 42.5 Å². The van der Waals surface area contributed by atoms with Crippen LogP contribution < -0.4 is 31.2 Å². The zero-order valence-corrected chi connectivity index (χ0v) is 49.7. The number of unbranched alkanes of at least 4 members (excludes halogenated alkanes) is 1. The van der Waals surface area contributed by atoms with Crippen LogP contribution in [0.3, 0.4) is 0 Å². The number of carbonyl (C=O) groups is 5. The molecule has 2 saturated carbocycles. The number of aryl methyl sites for hydroxylation is 1. The van der Waals surface area contributed by atoms with Crippen LogP contribution in [0.1, 0.15) is 163 Å². The molecule has 0 aromatic heterocycles. The minimum absolute atomic E-state index is 0.00807. The highest BCUT2D eigenvalue weighted by molar-refractivity contribution is 5.84. The van der Waals surface area contributed by atoms with Gasteiger partial charge in [0, 0.05) is 25.3 Å². The number of hydrogen-bond acceptors (Lipinski definition) is 16. The molecular weight excluding hydrogens is 1030 g/mol. The van der Waals surface area contributed by atoms with Gasteiger partial charge in [-0.15, -0.1) is 0 Å². The average Bonchev–Trinajstić information content (AvgIpc) is 3.93. The Hall–Kier alpha value is -5.05. The molecule has 80 heavy (non-hydrogen) atoms. The van der Waals surface area contributed by atoms with E-state index < -0.39 is 59.2 Å². The highest BCUT2D eigenvalue weighted by Crippen LogP contribution is 2.61. The number of rotatable bonds is 31. The van der Waals surface area contributed by atoms with Crippen LogP contribution in [-0.2, 0) is 65.2 Å². The summed E-state index contributed by atoms with van der Waals surface area (Å²) in [6.07, 6.45) is 6.50. The maximum atomic E-state index is 13.3. The fourth-order valence-electron chi connectivity index (χ4n) is 11.2. The van der Waals surface area contributed by atoms with Crippen LogP contribution in [0.4, 0.5) is 4.79 Å². The first-order valence-electron chi connectivity index (χ1n) is 29.0. The maximum Gasteiger partial charge on any atom is 0.329 e. The molecule has 2 aromatic carbocycles. The fraction of sp³-hybridized carbons (Fsp3) is 0.721. The number of fused-ring (bicyclic) bond motifs is 5. The van der Waals surface area contributed by atoms with E-state index in [4.69, 9.17) is 48.4 Å². The Morgan fingerprint density at radius 2 is 1.34 bits per heavy atom. The van der Waals surface area contributed by atoms with Gasteiger partial charge < -0.3 is 69.4 Å². The molecule has 3 aliphatic carbocycles. The molecule has 0 aliphatic heterocycles. The molecule has 450 valence electrons. The predicted molar refractivity (Wildman–Crippen MR) is 302 cm³/mol. The maximum absolute atomic E-state index is 13.3. The van der Waals surface area contributed by atoms with Crippen LogP contribution in [-0.4, -0.2) is 142 Å². The number of urea groups is 1. The summed E-state index contributed by atoms with van der Waals surface area (Å²) in [5, 5.41) is 19.1. The van der Waals surface area contributed by atoms with Crippen molar-refractivity contribution in [1.29, 1.82) is 0 Å². The van der Waals surface area contributed by atoms with E-state index >= 15 is 0 Å². The third-order valence-corrected chi connectivity index (χ3v) is 14.8. The lowest BCUT2D eigenvalue weighted by Crippen LogP contribution is -2.54. The van der Waals surface area contributed by atoms with Crippen molar-refractivity contribution in [2.24, 2.45) is 23.0 Å². The van der Waals surface area contributed by atoms with Crippen LogP contribution in [0, 0.1) is 17.3 Å². The first-order valence-corrected chi connectivity index (χ1v) is 29.0. The van der Waals surface area contributed by atoms with Gasteiger partial charge in [-0.3, -0.25) is 14.4 Å². The molecule has 0 unspecified atom stereocenters. The Morgan fingerprint density at radius 1 is 0.725 bits per heavy atom. The summed E-state index contributed by atoms with van der Waals surface area (Å²) in [6, 6.07) is 10.3. The highest BCUT2D eigenvalue weighted by Gasteiger charge is 2.56. The average molecular weight is 1130 g/mol. The van der Waals surface area contributed by atoms with Gasteiger partial charge in [0.15, 0.2) is 6.29 Å². The van der Waals surface area contributed by atoms with Crippen LogP contribution in [0.5, 0.6) is 11.5 Å². The standard InChI is InChI=1S/C61H96N4O15/c1-40(66)77-52-25-23-48-47-21-17-42-39-44(20-22-45(42)46(47)27-28-61(48,52)11)76-37-35-74-33-31-72-30-32-73-34-36-75-43-18-15-41(16-19-43)38-49(62)54(68)63-29-13-12-14-50(55(69)79-59(5,6)7)64-57(71)65-51(56(70)80-60(8,9)10)24-26-53(67)78-58(2,3)4/h15-16,18-20,22,39,46-52,56,70H,12-14,17,21,23-38,62H2,1-11H3,(H,63,68)(H2,64,65,71)/t46-,47-,48+,49-,50-,51-,52+,56+,61+/m0/s1. The normalized spacial score (nSPS) is 21.3. The smallest absolute Gasteiger partial charge is 0.329 e. The van der Waals surface area contributed by atoms with Gasteiger partial charge in [-0.25, -0.2) is 9.59 Å². The molecule has 3 amide bonds. The van der Waals surface area contributed by atoms with Gasteiger partial charge in [-0.05, 0) is 192 Å². The van der Waals surface area contributed by atoms with Gasteiger partial charge in [0.1, 0.15) is 48.1 Å². The van der Waals surface area contributed by atoms with Gasteiger partial charge in [-0.1, -0.05) is 25.1 Å². The predicted octanol–water partition coefficient (Wildman–Crippen LogP) is 7.77. The second-order valence-corrected chi connectivity index (χ2v) is 24.8. The van der Waals surface area contributed by atoms with Crippen LogP contribution in [0.2, 0.25) is 0 Å². The summed E-state index contributed by atoms with van der Waals surface area (Å²) < 4.78 is 51.4. The fourth-order valence-corrected chi connectivity index (χ4v) is 11.2. The molecule has 19 heteroatoms. The van der Waals surface area contributed by atoms with E-state index in [0.29, 0.717) is 95.6 Å². The Labute approximate surface area is 475 Å². The number of nitrogens with two attached hydrogens (primary N) is 1. The van der Waals surface area contributed by atoms with Gasteiger partial charge in [0.2, 0.25) is 5.91 Å². The molecule has 2 fully saturated rings. The van der Waals surface area contributed by atoms with Crippen LogP contribution >= 0.6 is 0 Å². The number of aliphatic hydroxyl groups is 1. The number of hydrogen-bond donors (Lipinski definition) is 5. The lowest BCUT2D eigenvalue weighted by molar-refractivity contribution is -0.180. The summed E-state index contributed by atoms with van der Waals surface area (Å²) in [5.74, 6) is 1.72. The molecular formula is C61H96N4O15. The molecule has 0 spiro atoms. The van der Waals surface area contributed by atoms with Crippen molar-refractivity contribution in [3.05, 3.63) is 59.2 Å². The lowest BCUT2D eigenvalue weighted by atomic mass is 9.55. The number of benzene rings is 2. The zero-order valence-electron chi connectivity index (χ0n) is 49.7. The Bertz CT molecular complexity index is 2280. The quantitative estimate of drug-likeness (QED) is 0.0209. The number of aliphatic hydroxyl groups excluding tert-OH is 1. The second kappa shape index (κ2) is 30.8. The summed E-state index contributed by atoms with van der Waals surface area (Å²) in [5.41, 5.74) is 7.79. The summed E-state index contributed by atoms with van der Waals surface area (Å²) in [6.45, 7) is 23.2. The van der Waals surface area contributed by atoms with Crippen molar-refractivity contribution in [2.45, 2.75) is 206 Å². The Kier molecular flexibility index (Phi) is 25.4. The molecule has 0 saturated heterocycles. The third kappa shape index (κ3) is 22.4. The largest absolute Gasteiger partial charge is 0.491 e. The van der Waals surface area contributed by atoms with E-state index in [1.54, 1.807) is 62.3 Å². The zero-order chi connectivity index (χ0) is 58.7. The summed E-state index contributed by atoms with van der Waals surface area (Å²) >= 11 is 0.